The van der Waals surface area contributed by atoms with Crippen LogP contribution >= 0.6 is 0 Å². The van der Waals surface area contributed by atoms with E-state index in [1.54, 1.807) is 6.92 Å². The average Bonchev–Trinajstić information content (AvgIpc) is 2.73. The van der Waals surface area contributed by atoms with Gasteiger partial charge in [-0.05, 0) is 48.1 Å². The minimum Gasteiger partial charge on any atom is -0.463 e. The predicted octanol–water partition coefficient (Wildman–Crippen LogP) is 4.84. The van der Waals surface area contributed by atoms with Gasteiger partial charge in [0.1, 0.15) is 6.04 Å². The topological polar surface area (TPSA) is 76.7 Å². The second kappa shape index (κ2) is 9.46. The third-order valence-electron chi connectivity index (χ3n) is 4.98. The van der Waals surface area contributed by atoms with Gasteiger partial charge in [-0.15, -0.1) is 0 Å². The van der Waals surface area contributed by atoms with Crippen molar-refractivity contribution < 1.29 is 22.7 Å². The Labute approximate surface area is 185 Å². The summed E-state index contributed by atoms with van der Waals surface area (Å²) in [7, 11) is 0. The maximum Gasteiger partial charge on any atom is 0.416 e. The number of carbonyl (C=O) groups excluding carboxylic acids is 1. The molecule has 3 N–H and O–H groups in total. The molecule has 8 heteroatoms. The number of carbonyl (C=O) groups is 1. The van der Waals surface area contributed by atoms with Gasteiger partial charge in [0.25, 0.3) is 0 Å². The van der Waals surface area contributed by atoms with Crippen molar-refractivity contribution in [3.05, 3.63) is 76.4 Å². The number of nitrogens with one attached hydrogen (secondary N) is 1. The van der Waals surface area contributed by atoms with Gasteiger partial charge in [-0.3, -0.25) is 0 Å². The lowest BCUT2D eigenvalue weighted by atomic mass is 9.91. The number of guanidine groups is 1. The highest BCUT2D eigenvalue weighted by Crippen LogP contribution is 2.37. The highest BCUT2D eigenvalue weighted by molar-refractivity contribution is 6.04. The van der Waals surface area contributed by atoms with Crippen molar-refractivity contribution in [2.75, 3.05) is 6.61 Å². The fourth-order valence-corrected chi connectivity index (χ4v) is 3.62. The third-order valence-corrected chi connectivity index (χ3v) is 4.98. The maximum absolute atomic E-state index is 13.3. The fourth-order valence-electron chi connectivity index (χ4n) is 3.62. The molecule has 3 rings (SSSR count). The molecule has 1 aliphatic heterocycles. The largest absolute Gasteiger partial charge is 0.463 e. The number of hydrogen-bond acceptors (Lipinski definition) is 5. The zero-order valence-electron chi connectivity index (χ0n) is 18.2. The number of rotatable bonds is 6. The number of alkyl halides is 3. The van der Waals surface area contributed by atoms with E-state index in [4.69, 9.17) is 10.5 Å². The first kappa shape index (κ1) is 23.4. The summed E-state index contributed by atoms with van der Waals surface area (Å²) in [6.45, 7) is 6.01. The summed E-state index contributed by atoms with van der Waals surface area (Å²) in [5.74, 6) is -0.183. The molecule has 0 bridgehead atoms. The highest BCUT2D eigenvalue weighted by atomic mass is 19.4. The Morgan fingerprint density at radius 3 is 2.47 bits per heavy atom. The average molecular weight is 445 g/mol. The normalized spacial score (nSPS) is 16.6. The number of aliphatic imine (C=N–C) groups is 1. The molecule has 32 heavy (non-hydrogen) atoms. The van der Waals surface area contributed by atoms with Crippen molar-refractivity contribution in [3.63, 3.8) is 0 Å². The van der Waals surface area contributed by atoms with E-state index in [0.717, 1.165) is 24.1 Å². The quantitative estimate of drug-likeness (QED) is 0.624. The van der Waals surface area contributed by atoms with E-state index < -0.39 is 23.8 Å². The van der Waals surface area contributed by atoms with Crippen LogP contribution in [-0.2, 0) is 22.1 Å². The zero-order chi connectivity index (χ0) is 23.5. The van der Waals surface area contributed by atoms with E-state index in [-0.39, 0.29) is 29.4 Å². The van der Waals surface area contributed by atoms with Crippen LogP contribution in [0, 0.1) is 5.92 Å². The van der Waals surface area contributed by atoms with E-state index >= 15 is 0 Å². The Bertz CT molecular complexity index is 1040. The molecule has 0 amide bonds. The van der Waals surface area contributed by atoms with Gasteiger partial charge < -0.3 is 15.8 Å². The van der Waals surface area contributed by atoms with Gasteiger partial charge >= 0.3 is 12.1 Å². The first-order valence-corrected chi connectivity index (χ1v) is 10.4. The summed E-state index contributed by atoms with van der Waals surface area (Å²) in [4.78, 5) is 17.3. The summed E-state index contributed by atoms with van der Waals surface area (Å²) in [6, 6.07) is 11.5. The Hall–Kier alpha value is -3.29. The molecule has 0 saturated carbocycles. The molecule has 0 saturated heterocycles. The molecule has 5 nitrogen and oxygen atoms in total. The highest BCUT2D eigenvalue weighted by Gasteiger charge is 2.34. The van der Waals surface area contributed by atoms with Crippen molar-refractivity contribution in [2.24, 2.45) is 16.6 Å². The van der Waals surface area contributed by atoms with Crippen LogP contribution in [0.5, 0.6) is 0 Å². The minimum absolute atomic E-state index is 0.00159. The molecule has 0 aliphatic carbocycles. The Balaban J connectivity index is 2.13. The van der Waals surface area contributed by atoms with Crippen molar-refractivity contribution >= 4 is 17.6 Å². The van der Waals surface area contributed by atoms with E-state index in [9.17, 15) is 18.0 Å². The van der Waals surface area contributed by atoms with Crippen LogP contribution in [0.4, 0.5) is 13.2 Å². The van der Waals surface area contributed by atoms with E-state index in [0.29, 0.717) is 11.5 Å². The van der Waals surface area contributed by atoms with Gasteiger partial charge in [0.15, 0.2) is 5.96 Å². The lowest BCUT2D eigenvalue weighted by molar-refractivity contribution is -0.139. The van der Waals surface area contributed by atoms with Gasteiger partial charge in [-0.25, -0.2) is 9.79 Å². The van der Waals surface area contributed by atoms with Gasteiger partial charge in [0, 0.05) is 0 Å². The standard InChI is InChI=1S/C24H26F3N3O2/c1-4-32-22(31)19-20(16-10-8-15(9-11-16)12-14(2)3)29-23(28)30-21(19)17-6-5-7-18(13-17)24(25,26)27/h5-11,13-14,20H,4,12H2,1-3H3,(H3,28,29,30). The van der Waals surface area contributed by atoms with E-state index in [2.05, 4.69) is 24.2 Å². The number of benzene rings is 2. The van der Waals surface area contributed by atoms with Crippen LogP contribution in [0.3, 0.4) is 0 Å². The summed E-state index contributed by atoms with van der Waals surface area (Å²) in [5.41, 5.74) is 7.40. The molecular weight excluding hydrogens is 419 g/mol. The predicted molar refractivity (Wildman–Crippen MR) is 117 cm³/mol. The van der Waals surface area contributed by atoms with Crippen LogP contribution in [-0.4, -0.2) is 18.5 Å². The molecule has 2 aromatic carbocycles. The number of ether oxygens (including phenoxy) is 1. The second-order valence-corrected chi connectivity index (χ2v) is 7.97. The van der Waals surface area contributed by atoms with Crippen LogP contribution in [0.1, 0.15) is 49.1 Å². The summed E-state index contributed by atoms with van der Waals surface area (Å²) in [5, 5.41) is 2.78. The monoisotopic (exact) mass is 445 g/mol. The molecule has 0 spiro atoms. The Kier molecular flexibility index (Phi) is 6.91. The SMILES string of the molecule is CCOC(=O)C1=C(c2cccc(C(F)(F)F)c2)NC(N)=NC1c1ccc(CC(C)C)cc1. The number of halogens is 3. The van der Waals surface area contributed by atoms with Gasteiger partial charge in [-0.2, -0.15) is 13.2 Å². The Morgan fingerprint density at radius 2 is 1.88 bits per heavy atom. The van der Waals surface area contributed by atoms with E-state index in [1.165, 1.54) is 12.1 Å². The van der Waals surface area contributed by atoms with Gasteiger partial charge in [0.2, 0.25) is 0 Å². The summed E-state index contributed by atoms with van der Waals surface area (Å²) < 4.78 is 45.1. The lowest BCUT2D eigenvalue weighted by Gasteiger charge is -2.26. The number of hydrogen-bond donors (Lipinski definition) is 2. The number of nitrogens with two attached hydrogens (primary N) is 1. The molecule has 1 unspecified atom stereocenters. The van der Waals surface area contributed by atoms with Crippen LogP contribution in [0.2, 0.25) is 0 Å². The molecule has 1 heterocycles. The maximum atomic E-state index is 13.3. The van der Waals surface area contributed by atoms with Crippen molar-refractivity contribution in [2.45, 2.75) is 39.4 Å². The molecule has 0 fully saturated rings. The summed E-state index contributed by atoms with van der Waals surface area (Å²) >= 11 is 0. The fraction of sp³-hybridized carbons (Fsp3) is 0.333. The second-order valence-electron chi connectivity index (χ2n) is 7.97. The molecule has 1 atom stereocenters. The number of nitrogens with zero attached hydrogens (tertiary/aromatic N) is 1. The molecule has 170 valence electrons. The van der Waals surface area contributed by atoms with Gasteiger partial charge in [0.05, 0.1) is 23.4 Å². The Morgan fingerprint density at radius 1 is 1.19 bits per heavy atom. The van der Waals surface area contributed by atoms with Crippen molar-refractivity contribution in [1.82, 2.24) is 5.32 Å². The van der Waals surface area contributed by atoms with Gasteiger partial charge in [-0.1, -0.05) is 50.2 Å². The first-order valence-electron chi connectivity index (χ1n) is 10.4. The molecule has 0 aromatic heterocycles. The molecule has 0 radical (unpaired) electrons. The summed E-state index contributed by atoms with van der Waals surface area (Å²) in [6.07, 6.45) is -3.63. The van der Waals surface area contributed by atoms with E-state index in [1.807, 2.05) is 24.3 Å². The van der Waals surface area contributed by atoms with Crippen LogP contribution in [0.15, 0.2) is 59.1 Å². The third kappa shape index (κ3) is 5.30. The smallest absolute Gasteiger partial charge is 0.416 e. The zero-order valence-corrected chi connectivity index (χ0v) is 18.2. The minimum atomic E-state index is -4.53. The molecule has 1 aliphatic rings. The first-order chi connectivity index (χ1) is 15.1. The molecular formula is C24H26F3N3O2. The number of esters is 1. The molecule has 2 aromatic rings. The lowest BCUT2D eigenvalue weighted by Crippen LogP contribution is -2.37. The van der Waals surface area contributed by atoms with Crippen molar-refractivity contribution in [3.8, 4) is 0 Å². The van der Waals surface area contributed by atoms with Crippen LogP contribution < -0.4 is 11.1 Å². The van der Waals surface area contributed by atoms with Crippen molar-refractivity contribution in [1.29, 1.82) is 0 Å². The van der Waals surface area contributed by atoms with Crippen LogP contribution in [0.25, 0.3) is 5.70 Å².